The highest BCUT2D eigenvalue weighted by Crippen LogP contribution is 2.37. The van der Waals surface area contributed by atoms with Gasteiger partial charge in [-0.25, -0.2) is 0 Å². The lowest BCUT2D eigenvalue weighted by molar-refractivity contribution is 0.0112. The number of aliphatic hydroxyl groups is 1. The van der Waals surface area contributed by atoms with Crippen molar-refractivity contribution in [1.29, 1.82) is 0 Å². The van der Waals surface area contributed by atoms with Gasteiger partial charge in [-0.3, -0.25) is 0 Å². The first-order valence-corrected chi connectivity index (χ1v) is 8.40. The lowest BCUT2D eigenvalue weighted by Gasteiger charge is -2.50. The molecular weight excluding hydrogens is 262 g/mol. The highest BCUT2D eigenvalue weighted by molar-refractivity contribution is 4.99. The van der Waals surface area contributed by atoms with Gasteiger partial charge in [-0.05, 0) is 60.7 Å². The fraction of sp³-hybridized carbons (Fsp3) is 1.00. The Bertz CT molecular complexity index is 315. The average Bonchev–Trinajstić information content (AvgIpc) is 2.31. The first-order valence-electron chi connectivity index (χ1n) is 8.40. The van der Waals surface area contributed by atoms with Crippen molar-refractivity contribution in [2.75, 3.05) is 34.3 Å². The van der Waals surface area contributed by atoms with Crippen LogP contribution in [-0.2, 0) is 0 Å². The van der Waals surface area contributed by atoms with E-state index in [0.29, 0.717) is 17.6 Å². The summed E-state index contributed by atoms with van der Waals surface area (Å²) >= 11 is 0. The van der Waals surface area contributed by atoms with Gasteiger partial charge in [0.25, 0.3) is 0 Å². The summed E-state index contributed by atoms with van der Waals surface area (Å²) in [6, 6.07) is 0.838. The second-order valence-electron chi connectivity index (χ2n) is 7.96. The molecule has 0 aromatic heterocycles. The summed E-state index contributed by atoms with van der Waals surface area (Å²) in [6.07, 6.45) is 4.92. The van der Waals surface area contributed by atoms with Crippen LogP contribution in [-0.4, -0.2) is 72.4 Å². The Balaban J connectivity index is 2.59. The standard InChI is InChI=1S/C17H37N3O/c1-14(2)18-16(4,13-21)11-15(3)20(7)12-17(19(5)6)9-8-10-17/h14-15,18,21H,8-13H2,1-7H3. The highest BCUT2D eigenvalue weighted by Gasteiger charge is 2.41. The first kappa shape index (κ1) is 18.9. The molecule has 0 spiro atoms. The number of aliphatic hydroxyl groups excluding tert-OH is 1. The van der Waals surface area contributed by atoms with Crippen LogP contribution in [0.5, 0.6) is 0 Å². The van der Waals surface area contributed by atoms with E-state index in [9.17, 15) is 5.11 Å². The smallest absolute Gasteiger partial charge is 0.0611 e. The second-order valence-corrected chi connectivity index (χ2v) is 7.96. The van der Waals surface area contributed by atoms with Crippen molar-refractivity contribution in [1.82, 2.24) is 15.1 Å². The molecule has 0 amide bonds. The van der Waals surface area contributed by atoms with Crippen molar-refractivity contribution in [2.24, 2.45) is 0 Å². The average molecular weight is 300 g/mol. The topological polar surface area (TPSA) is 38.7 Å². The zero-order chi connectivity index (χ0) is 16.3. The molecule has 2 N–H and O–H groups in total. The third-order valence-electron chi connectivity index (χ3n) is 5.26. The number of likely N-dealkylation sites (N-methyl/N-ethyl adjacent to an activating group) is 2. The van der Waals surface area contributed by atoms with Gasteiger partial charge in [0.15, 0.2) is 0 Å². The molecule has 0 saturated heterocycles. The van der Waals surface area contributed by atoms with Gasteiger partial charge >= 0.3 is 0 Å². The van der Waals surface area contributed by atoms with Crippen LogP contribution in [0.15, 0.2) is 0 Å². The molecule has 1 aliphatic carbocycles. The van der Waals surface area contributed by atoms with Crippen LogP contribution in [0.25, 0.3) is 0 Å². The Kier molecular flexibility index (Phi) is 6.66. The van der Waals surface area contributed by atoms with Gasteiger partial charge in [-0.15, -0.1) is 0 Å². The van der Waals surface area contributed by atoms with Gasteiger partial charge in [-0.1, -0.05) is 13.8 Å². The Hall–Kier alpha value is -0.160. The molecule has 1 fully saturated rings. The van der Waals surface area contributed by atoms with Gasteiger partial charge in [-0.2, -0.15) is 0 Å². The Morgan fingerprint density at radius 1 is 1.19 bits per heavy atom. The summed E-state index contributed by atoms with van der Waals surface area (Å²) in [6.45, 7) is 9.97. The van der Waals surface area contributed by atoms with Crippen LogP contribution in [0, 0.1) is 0 Å². The maximum absolute atomic E-state index is 9.75. The van der Waals surface area contributed by atoms with Gasteiger partial charge in [0, 0.05) is 29.7 Å². The third kappa shape index (κ3) is 4.92. The SMILES string of the molecule is CC(C)NC(C)(CO)CC(C)N(C)CC1(N(C)C)CCC1. The minimum Gasteiger partial charge on any atom is -0.394 e. The zero-order valence-corrected chi connectivity index (χ0v) is 15.2. The van der Waals surface area contributed by atoms with Crippen LogP contribution in [0.3, 0.4) is 0 Å². The monoisotopic (exact) mass is 299 g/mol. The second kappa shape index (κ2) is 7.40. The Morgan fingerprint density at radius 2 is 1.76 bits per heavy atom. The maximum atomic E-state index is 9.75. The molecule has 4 heteroatoms. The van der Waals surface area contributed by atoms with Crippen LogP contribution in [0.2, 0.25) is 0 Å². The number of nitrogens with zero attached hydrogens (tertiary/aromatic N) is 2. The first-order chi connectivity index (χ1) is 9.64. The molecule has 1 aliphatic rings. The predicted molar refractivity (Wildman–Crippen MR) is 90.7 cm³/mol. The van der Waals surface area contributed by atoms with E-state index in [-0.39, 0.29) is 12.1 Å². The van der Waals surface area contributed by atoms with E-state index in [0.717, 1.165) is 13.0 Å². The minimum absolute atomic E-state index is 0.183. The molecule has 1 saturated carbocycles. The Morgan fingerprint density at radius 3 is 2.10 bits per heavy atom. The van der Waals surface area contributed by atoms with Crippen LogP contribution in [0.4, 0.5) is 0 Å². The minimum atomic E-state index is -0.202. The van der Waals surface area contributed by atoms with Gasteiger partial charge in [0.05, 0.1) is 6.61 Å². The molecule has 0 aromatic rings. The van der Waals surface area contributed by atoms with Crippen molar-refractivity contribution in [3.8, 4) is 0 Å². The van der Waals surface area contributed by atoms with Crippen molar-refractivity contribution in [3.63, 3.8) is 0 Å². The van der Waals surface area contributed by atoms with Crippen molar-refractivity contribution < 1.29 is 5.11 Å². The summed E-state index contributed by atoms with van der Waals surface area (Å²) in [5.41, 5.74) is 0.164. The van der Waals surface area contributed by atoms with Crippen molar-refractivity contribution in [2.45, 2.75) is 76.5 Å². The summed E-state index contributed by atoms with van der Waals surface area (Å²) in [7, 11) is 6.63. The van der Waals surface area contributed by atoms with Crippen LogP contribution >= 0.6 is 0 Å². The molecule has 0 aromatic carbocycles. The molecule has 2 unspecified atom stereocenters. The molecule has 0 aliphatic heterocycles. The molecule has 21 heavy (non-hydrogen) atoms. The lowest BCUT2D eigenvalue weighted by Crippen LogP contribution is -2.59. The predicted octanol–water partition coefficient (Wildman–Crippen LogP) is 1.93. The Labute approximate surface area is 131 Å². The largest absolute Gasteiger partial charge is 0.394 e. The molecule has 1 rings (SSSR count). The third-order valence-corrected chi connectivity index (χ3v) is 5.26. The van der Waals surface area contributed by atoms with Crippen LogP contribution in [0.1, 0.15) is 53.4 Å². The van der Waals surface area contributed by atoms with E-state index in [1.54, 1.807) is 0 Å². The molecule has 126 valence electrons. The number of hydrogen-bond donors (Lipinski definition) is 2. The molecule has 0 heterocycles. The number of nitrogens with one attached hydrogen (secondary N) is 1. The summed E-state index contributed by atoms with van der Waals surface area (Å²) in [4.78, 5) is 4.87. The van der Waals surface area contributed by atoms with E-state index in [1.807, 2.05) is 0 Å². The van der Waals surface area contributed by atoms with E-state index < -0.39 is 0 Å². The number of hydrogen-bond acceptors (Lipinski definition) is 4. The molecule has 4 nitrogen and oxygen atoms in total. The van der Waals surface area contributed by atoms with Crippen LogP contribution < -0.4 is 5.32 Å². The van der Waals surface area contributed by atoms with E-state index in [1.165, 1.54) is 19.3 Å². The summed E-state index contributed by atoms with van der Waals surface area (Å²) in [5, 5.41) is 13.3. The van der Waals surface area contributed by atoms with Gasteiger partial charge < -0.3 is 20.2 Å². The number of rotatable bonds is 9. The highest BCUT2D eigenvalue weighted by atomic mass is 16.3. The molecule has 0 bridgehead atoms. The molecular formula is C17H37N3O. The fourth-order valence-corrected chi connectivity index (χ4v) is 3.63. The van der Waals surface area contributed by atoms with E-state index in [4.69, 9.17) is 0 Å². The molecule has 2 atom stereocenters. The summed E-state index contributed by atoms with van der Waals surface area (Å²) in [5.74, 6) is 0. The van der Waals surface area contributed by atoms with E-state index in [2.05, 4.69) is 64.0 Å². The van der Waals surface area contributed by atoms with Gasteiger partial charge in [0.2, 0.25) is 0 Å². The molecule has 0 radical (unpaired) electrons. The van der Waals surface area contributed by atoms with Crippen molar-refractivity contribution >= 4 is 0 Å². The zero-order valence-electron chi connectivity index (χ0n) is 15.2. The normalized spacial score (nSPS) is 22.4. The van der Waals surface area contributed by atoms with Crippen molar-refractivity contribution in [3.05, 3.63) is 0 Å². The van der Waals surface area contributed by atoms with E-state index >= 15 is 0 Å². The summed E-state index contributed by atoms with van der Waals surface area (Å²) < 4.78 is 0. The fourth-order valence-electron chi connectivity index (χ4n) is 3.63. The van der Waals surface area contributed by atoms with Gasteiger partial charge in [0.1, 0.15) is 0 Å². The maximum Gasteiger partial charge on any atom is 0.0611 e. The lowest BCUT2D eigenvalue weighted by atomic mass is 9.75. The quantitative estimate of drug-likeness (QED) is 0.682.